The molecule has 5 aliphatic heterocycles. The van der Waals surface area contributed by atoms with E-state index in [1.807, 2.05) is 30.3 Å². The van der Waals surface area contributed by atoms with Crippen molar-refractivity contribution in [3.63, 3.8) is 0 Å². The molecule has 8 bridgehead atoms. The normalized spacial score (nSPS) is 28.8. The Hall–Kier alpha value is -12.3. The van der Waals surface area contributed by atoms with Gasteiger partial charge in [-0.1, -0.05) is 24.3 Å². The molecule has 4 aromatic carbocycles. The number of nitrogens with one attached hydrogen (secondary N) is 7. The molecule has 0 unspecified atom stereocenters. The summed E-state index contributed by atoms with van der Waals surface area (Å²) in [6.07, 6.45) is 22.4. The summed E-state index contributed by atoms with van der Waals surface area (Å²) in [6, 6.07) is 27.5. The van der Waals surface area contributed by atoms with E-state index >= 15 is 0 Å². The zero-order valence-electron chi connectivity index (χ0n) is 83.7. The second-order valence-electron chi connectivity index (χ2n) is 46.5. The van der Waals surface area contributed by atoms with Gasteiger partial charge in [0.1, 0.15) is 62.9 Å². The van der Waals surface area contributed by atoms with E-state index in [-0.39, 0.29) is 99.2 Å². The lowest BCUT2D eigenvalue weighted by Gasteiger charge is -2.63. The van der Waals surface area contributed by atoms with Crippen molar-refractivity contribution in [3.05, 3.63) is 250 Å². The molecular weight excluding hydrogens is 1860 g/mol. The van der Waals surface area contributed by atoms with Crippen LogP contribution < -0.4 is 43.9 Å². The Balaban J connectivity index is 0.000000111. The number of carbonyl (C=O) groups excluding carboxylic acids is 9. The number of amides is 5. The molecule has 0 spiro atoms. The second-order valence-corrected chi connectivity index (χ2v) is 46.5. The Morgan fingerprint density at radius 3 is 1.19 bits per heavy atom. The van der Waals surface area contributed by atoms with Gasteiger partial charge < -0.3 is 77.2 Å². The van der Waals surface area contributed by atoms with Crippen molar-refractivity contribution < 1.29 is 73.8 Å². The van der Waals surface area contributed by atoms with Crippen molar-refractivity contribution >= 4 is 52.7 Å². The van der Waals surface area contributed by atoms with Gasteiger partial charge in [-0.3, -0.25) is 81.9 Å². The number of aromatic nitrogens is 4. The number of pyridine rings is 4. The quantitative estimate of drug-likeness (QED) is 0.0341. The van der Waals surface area contributed by atoms with E-state index in [0.717, 1.165) is 172 Å². The third kappa shape index (κ3) is 17.5. The van der Waals surface area contributed by atoms with Crippen molar-refractivity contribution in [1.82, 2.24) is 60.4 Å². The van der Waals surface area contributed by atoms with Crippen LogP contribution in [0.3, 0.4) is 0 Å². The number of nitrogens with two attached hydrogens (primary N) is 1. The minimum atomic E-state index is -1.23. The topological polar surface area (TPSA) is 485 Å². The standard InChI is InChI=1S/C30H35N3O5.C29H34N4O6.C28H33N3O4.C27H31N3O4/c1-17(34)25-3-2-9-33(25)28(37)22-11-20-14-30(38)26-12-19-6-7-21(35)13-23(19)29(30,15-24(20)31-27(22)36)8-10-32(26)16-18-4-5-18;1-15(34)8-22(25(30)36)31-26(37)20-9-18-12-29(39)24-10-17-4-5-19(35)11-21(17)28(29,13-23(18)32-27(20)38)6-7-33(24)14-16-2-3-16;1-15(16(2)32)29-26(34)21-9-19-10-23-25-11-18-5-6-20(33)12-22(18)28(23,13-24(19)30-27(21)35)7-8-31(25)14-17-3-4-17;1-15(31)13-28-25(33)20-8-18-9-22-24-10-17-4-5-19(32)11-21(17)27(22,12-23(18)29-26(20)34)6-7-30(24)14-16-2-3-16/h6-7,11,13,18,25-26,35,38H,2-5,8-10,12,14-16H2,1H3,(H,31,36);4-5,9,11,16,22,24,35,39H,2-3,6-8,10,12-14H2,1H3,(H2,30,36)(H,31,37)(H,32,38);5-6,9,12,15,17,23,25,33H,3-4,7-8,10-11,13-14H2,1-2H3,(H,29,34)(H,30,35);4-5,8,11,16,22,24,32H,2-3,6-7,9-10,12-14H2,1H3,(H,28,33)(H,29,34)/t25-,26+,29+,30+;22-,24+,28+,29+;15-,23-,25+,28+;22-,24+,27+/m0000/s1. The molecule has 12 aliphatic carbocycles. The number of rotatable bonds is 21. The highest BCUT2D eigenvalue weighted by Crippen LogP contribution is 2.63. The summed E-state index contributed by atoms with van der Waals surface area (Å²) in [7, 11) is 0. The lowest BCUT2D eigenvalue weighted by molar-refractivity contribution is -0.152. The highest BCUT2D eigenvalue weighted by molar-refractivity contribution is 6.00. The van der Waals surface area contributed by atoms with Gasteiger partial charge in [-0.2, -0.15) is 0 Å². The number of primary amides is 1. The highest BCUT2D eigenvalue weighted by atomic mass is 16.3. The van der Waals surface area contributed by atoms with E-state index in [1.165, 1.54) is 112 Å². The Morgan fingerprint density at radius 1 is 0.411 bits per heavy atom. The number of aromatic hydroxyl groups is 4. The molecule has 15 N–H and O–H groups in total. The number of aromatic amines is 4. The van der Waals surface area contributed by atoms with Gasteiger partial charge in [-0.15, -0.1) is 0 Å². The van der Waals surface area contributed by atoms with Crippen LogP contribution in [0.25, 0.3) is 0 Å². The molecule has 5 amide bonds. The first-order chi connectivity index (χ1) is 69.8. The molecule has 0 radical (unpaired) electrons. The maximum atomic E-state index is 13.5. The molecule has 25 rings (SSSR count). The molecule has 146 heavy (non-hydrogen) atoms. The van der Waals surface area contributed by atoms with Crippen LogP contribution >= 0.6 is 0 Å². The van der Waals surface area contributed by atoms with Crippen LogP contribution in [0.4, 0.5) is 0 Å². The maximum absolute atomic E-state index is 13.5. The molecule has 4 aromatic heterocycles. The highest BCUT2D eigenvalue weighted by Gasteiger charge is 2.68. The van der Waals surface area contributed by atoms with Gasteiger partial charge in [-0.05, 0) is 377 Å². The molecule has 768 valence electrons. The number of H-pyrrole nitrogens is 4. The number of hydrogen-bond acceptors (Lipinski definition) is 23. The molecular formula is C114H133N13O19. The van der Waals surface area contributed by atoms with Crippen LogP contribution in [0.2, 0.25) is 0 Å². The summed E-state index contributed by atoms with van der Waals surface area (Å²) in [6.45, 7) is 15.6. The first kappa shape index (κ1) is 98.3. The molecule has 32 nitrogen and oxygen atoms in total. The summed E-state index contributed by atoms with van der Waals surface area (Å²) >= 11 is 0. The van der Waals surface area contributed by atoms with Crippen LogP contribution in [-0.2, 0) is 123 Å². The van der Waals surface area contributed by atoms with Gasteiger partial charge in [0.25, 0.3) is 45.9 Å². The number of carbonyl (C=O) groups is 9. The number of fused-ring (bicyclic) bond motifs is 8. The summed E-state index contributed by atoms with van der Waals surface area (Å²) in [5.41, 5.74) is 15.6. The minimum Gasteiger partial charge on any atom is -0.508 e. The van der Waals surface area contributed by atoms with E-state index in [1.54, 1.807) is 55.5 Å². The van der Waals surface area contributed by atoms with Gasteiger partial charge >= 0.3 is 0 Å². The van der Waals surface area contributed by atoms with Crippen LogP contribution in [-0.4, -0.2) is 247 Å². The number of likely N-dealkylation sites (tertiary alicyclic amines) is 5. The van der Waals surface area contributed by atoms with Gasteiger partial charge in [0.15, 0.2) is 11.6 Å². The number of hydrogen-bond donors (Lipinski definition) is 14. The zero-order valence-corrected chi connectivity index (χ0v) is 83.7. The number of aliphatic hydroxyl groups is 2. The monoisotopic (exact) mass is 1990 g/mol. The Labute approximate surface area is 845 Å². The number of Topliss-reactive ketones (excluding diaryl/α,β-unsaturated/α-hetero) is 4. The first-order valence-electron chi connectivity index (χ1n) is 53.0. The van der Waals surface area contributed by atoms with Crippen LogP contribution in [0, 0.1) is 35.5 Å². The fourth-order valence-corrected chi connectivity index (χ4v) is 29.2. The predicted octanol–water partition coefficient (Wildman–Crippen LogP) is 7.11. The van der Waals surface area contributed by atoms with Gasteiger partial charge in [0.05, 0.1) is 29.8 Å². The molecule has 9 heterocycles. The molecule has 15 atom stereocenters. The Kier molecular flexibility index (Phi) is 25.1. The third-order valence-electron chi connectivity index (χ3n) is 37.3. The smallest absolute Gasteiger partial charge is 0.261 e. The lowest BCUT2D eigenvalue weighted by Crippen LogP contribution is -2.74. The van der Waals surface area contributed by atoms with Gasteiger partial charge in [0, 0.05) is 133 Å². The van der Waals surface area contributed by atoms with Crippen molar-refractivity contribution in [2.75, 3.05) is 65.4 Å². The summed E-state index contributed by atoms with van der Waals surface area (Å²) < 4.78 is 0. The van der Waals surface area contributed by atoms with E-state index in [2.05, 4.69) is 67.6 Å². The summed E-state index contributed by atoms with van der Waals surface area (Å²) in [4.78, 5) is 186. The number of nitrogens with zero attached hydrogens (tertiary/aromatic N) is 5. The number of phenolic OH excluding ortho intramolecular Hbond substituents is 4. The van der Waals surface area contributed by atoms with Crippen LogP contribution in [0.5, 0.6) is 23.0 Å². The zero-order chi connectivity index (χ0) is 102. The molecule has 5 saturated heterocycles. The predicted molar refractivity (Wildman–Crippen MR) is 541 cm³/mol. The number of ketones is 4. The summed E-state index contributed by atoms with van der Waals surface area (Å²) in [5, 5.41) is 74.5. The molecule has 32 heteroatoms. The van der Waals surface area contributed by atoms with E-state index in [4.69, 9.17) is 5.73 Å². The lowest BCUT2D eigenvalue weighted by atomic mass is 9.49. The van der Waals surface area contributed by atoms with E-state index < -0.39 is 91.9 Å². The van der Waals surface area contributed by atoms with E-state index in [0.29, 0.717) is 123 Å². The van der Waals surface area contributed by atoms with Crippen molar-refractivity contribution in [2.24, 2.45) is 41.2 Å². The molecule has 8 aromatic rings. The van der Waals surface area contributed by atoms with Crippen molar-refractivity contribution in [1.29, 1.82) is 0 Å². The first-order valence-corrected chi connectivity index (χ1v) is 53.0. The van der Waals surface area contributed by atoms with Crippen molar-refractivity contribution in [3.8, 4) is 23.0 Å². The number of benzene rings is 4. The van der Waals surface area contributed by atoms with Gasteiger partial charge in [-0.25, -0.2) is 0 Å². The average Bonchev–Trinajstić information content (AvgIpc) is 1.11. The van der Waals surface area contributed by atoms with Crippen molar-refractivity contribution in [2.45, 2.75) is 283 Å². The van der Waals surface area contributed by atoms with Crippen LogP contribution in [0.1, 0.15) is 262 Å². The van der Waals surface area contributed by atoms with Crippen LogP contribution in [0.15, 0.2) is 116 Å². The SMILES string of the molecule is CC(=O)CNC(=O)c1cc2c([nH]c1=O)C[C@]13CCN(CC4CC4)[C@H](Cc4ccc(O)cc41)[C@@H]3C2.CC(=O)C[C@H](NC(=O)c1cc2c([nH]c1=O)C[C@]13CCN(CC4CC4)[C@H](Cc4ccc(O)cc41)[C@]3(O)C2)C(N)=O.CC(=O)[C@@H]1CCCN1C(=O)c1cc2c([nH]c1=O)C[C@]13CCN(CC4CC4)[C@H](Cc4ccc(O)cc41)[C@]3(O)C2.CC(=O)[C@H](C)NC(=O)c1cc2c([nH]c1=O)C[C@]13CCN(CC4CC4)[C@H](Cc4ccc(O)cc41)[C@@H]3C2. The largest absolute Gasteiger partial charge is 0.508 e. The number of piperidine rings is 4. The molecule has 4 saturated carbocycles. The average molecular weight is 1990 g/mol. The van der Waals surface area contributed by atoms with E-state index in [9.17, 15) is 93.0 Å². The van der Waals surface area contributed by atoms with Gasteiger partial charge in [0.2, 0.25) is 5.91 Å². The Bertz CT molecular complexity index is 7030. The molecule has 9 fully saturated rings. The fraction of sp³-hybridized carbons (Fsp3) is 0.535. The third-order valence-corrected chi connectivity index (χ3v) is 37.3. The molecule has 17 aliphatic rings. The maximum Gasteiger partial charge on any atom is 0.261 e. The Morgan fingerprint density at radius 2 is 0.788 bits per heavy atom. The summed E-state index contributed by atoms with van der Waals surface area (Å²) in [5.74, 6) is 0.835. The minimum absolute atomic E-state index is 0.0466. The fourth-order valence-electron chi connectivity index (χ4n) is 29.2. The second kappa shape index (κ2) is 37.2. The number of phenols is 4.